The molecule has 1 atom stereocenters. The first-order valence-electron chi connectivity index (χ1n) is 10.2. The number of amides is 1. The third-order valence-electron chi connectivity index (χ3n) is 5.71. The van der Waals surface area contributed by atoms with Crippen molar-refractivity contribution in [1.82, 2.24) is 9.80 Å². The van der Waals surface area contributed by atoms with Crippen LogP contribution in [0.5, 0.6) is 5.75 Å². The van der Waals surface area contributed by atoms with Crippen LogP contribution in [0.3, 0.4) is 0 Å². The minimum atomic E-state index is -1.14. The molecule has 6 nitrogen and oxygen atoms in total. The Kier molecular flexibility index (Phi) is 8.28. The number of β-amino-alcohol motifs (C(OH)–C–C–N with tert-alkyl or cyclic N) is 1. The summed E-state index contributed by atoms with van der Waals surface area (Å²) in [6.07, 6.45) is 2.02. The molecule has 0 bridgehead atoms. The van der Waals surface area contributed by atoms with Crippen LogP contribution in [-0.4, -0.2) is 79.0 Å². The molecule has 158 valence electrons. The van der Waals surface area contributed by atoms with E-state index in [1.165, 1.54) is 12.7 Å². The summed E-state index contributed by atoms with van der Waals surface area (Å²) in [5.41, 5.74) is 1.22. The van der Waals surface area contributed by atoms with Crippen LogP contribution in [0.15, 0.2) is 18.2 Å². The summed E-state index contributed by atoms with van der Waals surface area (Å²) in [5, 5.41) is 11.4. The van der Waals surface area contributed by atoms with Crippen molar-refractivity contribution in [2.24, 2.45) is 0 Å². The van der Waals surface area contributed by atoms with E-state index in [1.54, 1.807) is 4.90 Å². The first-order chi connectivity index (χ1) is 13.3. The van der Waals surface area contributed by atoms with E-state index >= 15 is 0 Å². The predicted molar refractivity (Wildman–Crippen MR) is 111 cm³/mol. The number of methoxy groups -OCH3 is 1. The van der Waals surface area contributed by atoms with Gasteiger partial charge in [-0.2, -0.15) is 0 Å². The summed E-state index contributed by atoms with van der Waals surface area (Å²) >= 11 is 0. The summed E-state index contributed by atoms with van der Waals surface area (Å²) in [5.74, 6) is 0.642. The highest BCUT2D eigenvalue weighted by atomic mass is 16.5. The largest absolute Gasteiger partial charge is 0.490 e. The van der Waals surface area contributed by atoms with E-state index in [0.29, 0.717) is 19.1 Å². The molecule has 1 aliphatic heterocycles. The Labute approximate surface area is 169 Å². The molecule has 0 aromatic heterocycles. The molecule has 1 aromatic rings. The van der Waals surface area contributed by atoms with Gasteiger partial charge in [-0.25, -0.2) is 0 Å². The van der Waals surface area contributed by atoms with Crippen molar-refractivity contribution in [3.05, 3.63) is 29.3 Å². The van der Waals surface area contributed by atoms with Crippen LogP contribution in [0.25, 0.3) is 0 Å². The molecule has 1 heterocycles. The van der Waals surface area contributed by atoms with Crippen molar-refractivity contribution in [2.75, 3.05) is 46.5 Å². The lowest BCUT2D eigenvalue weighted by atomic mass is 10.0. The number of aryl methyl sites for hydroxylation is 2. The van der Waals surface area contributed by atoms with Gasteiger partial charge in [0, 0.05) is 32.8 Å². The third-order valence-corrected chi connectivity index (χ3v) is 5.71. The van der Waals surface area contributed by atoms with Crippen LogP contribution in [0.4, 0.5) is 0 Å². The average molecular weight is 393 g/mol. The van der Waals surface area contributed by atoms with E-state index in [4.69, 9.17) is 9.47 Å². The molecule has 0 radical (unpaired) electrons. The highest BCUT2D eigenvalue weighted by Crippen LogP contribution is 2.22. The first kappa shape index (κ1) is 22.7. The second kappa shape index (κ2) is 10.2. The van der Waals surface area contributed by atoms with Gasteiger partial charge in [-0.15, -0.1) is 0 Å². The van der Waals surface area contributed by atoms with Gasteiger partial charge >= 0.3 is 0 Å². The third kappa shape index (κ3) is 5.93. The first-order valence-corrected chi connectivity index (χ1v) is 10.2. The number of hydrogen-bond acceptors (Lipinski definition) is 5. The van der Waals surface area contributed by atoms with Crippen LogP contribution in [-0.2, 0) is 9.53 Å². The van der Waals surface area contributed by atoms with Crippen molar-refractivity contribution in [3.8, 4) is 5.75 Å². The van der Waals surface area contributed by atoms with Crippen molar-refractivity contribution >= 4 is 5.91 Å². The van der Waals surface area contributed by atoms with Crippen molar-refractivity contribution < 1.29 is 19.4 Å². The summed E-state index contributed by atoms with van der Waals surface area (Å²) in [6, 6.07) is 6.31. The lowest BCUT2D eigenvalue weighted by Crippen LogP contribution is -2.53. The zero-order chi connectivity index (χ0) is 20.7. The van der Waals surface area contributed by atoms with Gasteiger partial charge in [0.25, 0.3) is 0 Å². The number of rotatable bonds is 8. The van der Waals surface area contributed by atoms with Crippen LogP contribution < -0.4 is 4.74 Å². The Bertz CT molecular complexity index is 647. The van der Waals surface area contributed by atoms with Crippen molar-refractivity contribution in [3.63, 3.8) is 0 Å². The maximum absolute atomic E-state index is 12.4. The summed E-state index contributed by atoms with van der Waals surface area (Å²) in [6.45, 7) is 10.7. The predicted octanol–water partition coefficient (Wildman–Crippen LogP) is 2.39. The van der Waals surface area contributed by atoms with E-state index in [9.17, 15) is 9.90 Å². The zero-order valence-electron chi connectivity index (χ0n) is 18.0. The molecule has 1 amide bonds. The highest BCUT2D eigenvalue weighted by Gasteiger charge is 2.38. The van der Waals surface area contributed by atoms with Crippen LogP contribution in [0, 0.1) is 13.8 Å². The van der Waals surface area contributed by atoms with Crippen molar-refractivity contribution in [1.29, 1.82) is 0 Å². The van der Waals surface area contributed by atoms with Crippen molar-refractivity contribution in [2.45, 2.75) is 52.2 Å². The number of carbonyl (C=O) groups is 1. The molecule has 0 spiro atoms. The molecule has 0 aliphatic carbocycles. The molecule has 28 heavy (non-hydrogen) atoms. The monoisotopic (exact) mass is 392 g/mol. The lowest BCUT2D eigenvalue weighted by Gasteiger charge is -2.35. The molecule has 1 aromatic carbocycles. The molecular weight excluding hydrogens is 356 g/mol. The average Bonchev–Trinajstić information content (AvgIpc) is 2.84. The van der Waals surface area contributed by atoms with E-state index in [2.05, 4.69) is 25.7 Å². The molecular formula is C22H36N2O4. The Morgan fingerprint density at radius 2 is 1.89 bits per heavy atom. The maximum atomic E-state index is 12.4. The number of aliphatic hydroxyl groups is 1. The summed E-state index contributed by atoms with van der Waals surface area (Å²) in [7, 11) is 1.52. The Morgan fingerprint density at radius 1 is 1.18 bits per heavy atom. The minimum Gasteiger partial charge on any atom is -0.490 e. The SMILES string of the molecule is CCC(CC)N1CCN(C(=O)COC)CC(O)(COc2ccc(C)c(C)c2)C1. The second-order valence-electron chi connectivity index (χ2n) is 7.95. The number of benzene rings is 1. The quantitative estimate of drug-likeness (QED) is 0.736. The number of ether oxygens (including phenoxy) is 2. The normalized spacial score (nSPS) is 21.0. The minimum absolute atomic E-state index is 0.0269. The van der Waals surface area contributed by atoms with Gasteiger partial charge < -0.3 is 19.5 Å². The van der Waals surface area contributed by atoms with Gasteiger partial charge in [0.05, 0.1) is 6.54 Å². The second-order valence-corrected chi connectivity index (χ2v) is 7.95. The Morgan fingerprint density at radius 3 is 2.50 bits per heavy atom. The maximum Gasteiger partial charge on any atom is 0.248 e. The molecule has 0 saturated carbocycles. The van der Waals surface area contributed by atoms with Gasteiger partial charge in [0.2, 0.25) is 5.91 Å². The molecule has 1 aliphatic rings. The molecule has 2 rings (SSSR count). The molecule has 6 heteroatoms. The zero-order valence-corrected chi connectivity index (χ0v) is 18.0. The Balaban J connectivity index is 2.18. The number of hydrogen-bond donors (Lipinski definition) is 1. The fourth-order valence-electron chi connectivity index (χ4n) is 3.85. The van der Waals surface area contributed by atoms with Crippen LogP contribution in [0.2, 0.25) is 0 Å². The van der Waals surface area contributed by atoms with Gasteiger partial charge in [0.1, 0.15) is 24.6 Å². The van der Waals surface area contributed by atoms with E-state index in [-0.39, 0.29) is 25.7 Å². The molecule has 1 fully saturated rings. The summed E-state index contributed by atoms with van der Waals surface area (Å²) in [4.78, 5) is 16.4. The van der Waals surface area contributed by atoms with Gasteiger partial charge in [-0.1, -0.05) is 19.9 Å². The number of carbonyl (C=O) groups excluding carboxylic acids is 1. The standard InChI is InChI=1S/C22H36N2O4/c1-6-19(7-2)23-10-11-24(21(25)13-27-5)15-22(26,14-23)16-28-20-9-8-17(3)18(4)12-20/h8-9,12,19,26H,6-7,10-11,13-16H2,1-5H3. The van der Waals surface area contributed by atoms with Crippen LogP contribution in [0.1, 0.15) is 37.8 Å². The smallest absolute Gasteiger partial charge is 0.248 e. The fourth-order valence-corrected chi connectivity index (χ4v) is 3.85. The van der Waals surface area contributed by atoms with E-state index in [1.807, 2.05) is 25.1 Å². The molecule has 1 unspecified atom stereocenters. The number of nitrogens with zero attached hydrogens (tertiary/aromatic N) is 2. The van der Waals surface area contributed by atoms with Gasteiger partial charge in [-0.05, 0) is 49.9 Å². The lowest BCUT2D eigenvalue weighted by molar-refractivity contribution is -0.138. The summed E-state index contributed by atoms with van der Waals surface area (Å²) < 4.78 is 11.0. The van der Waals surface area contributed by atoms with E-state index in [0.717, 1.165) is 30.7 Å². The van der Waals surface area contributed by atoms with E-state index < -0.39 is 5.60 Å². The topological polar surface area (TPSA) is 62.2 Å². The molecule has 1 N–H and O–H groups in total. The molecule has 1 saturated heterocycles. The van der Waals surface area contributed by atoms with Gasteiger partial charge in [0.15, 0.2) is 0 Å². The van der Waals surface area contributed by atoms with Gasteiger partial charge in [-0.3, -0.25) is 9.69 Å². The van der Waals surface area contributed by atoms with Crippen LogP contribution >= 0.6 is 0 Å². The highest BCUT2D eigenvalue weighted by molar-refractivity contribution is 5.77. The fraction of sp³-hybridized carbons (Fsp3) is 0.682. The Hall–Kier alpha value is -1.63.